The van der Waals surface area contributed by atoms with Gasteiger partial charge in [-0.25, -0.2) is 0 Å². The second kappa shape index (κ2) is 5.85. The van der Waals surface area contributed by atoms with Crippen molar-refractivity contribution in [1.29, 1.82) is 0 Å². The summed E-state index contributed by atoms with van der Waals surface area (Å²) >= 11 is 0. The maximum Gasteiger partial charge on any atom is 0.254 e. The Labute approximate surface area is 125 Å². The molecule has 0 aromatic heterocycles. The Morgan fingerprint density at radius 2 is 1.90 bits per heavy atom. The van der Waals surface area contributed by atoms with Crippen molar-refractivity contribution in [2.45, 2.75) is 45.3 Å². The summed E-state index contributed by atoms with van der Waals surface area (Å²) in [6, 6.07) is 6.67. The maximum absolute atomic E-state index is 12.6. The number of hydrogen-bond donors (Lipinski definition) is 2. The molecule has 21 heavy (non-hydrogen) atoms. The normalized spacial score (nSPS) is 18.7. The van der Waals surface area contributed by atoms with Gasteiger partial charge in [-0.05, 0) is 51.0 Å². The molecule has 1 fully saturated rings. The van der Waals surface area contributed by atoms with Crippen molar-refractivity contribution in [2.75, 3.05) is 11.9 Å². The highest BCUT2D eigenvalue weighted by atomic mass is 16.3. The lowest BCUT2D eigenvalue weighted by Gasteiger charge is -2.33. The van der Waals surface area contributed by atoms with E-state index in [9.17, 15) is 14.7 Å². The Morgan fingerprint density at radius 3 is 2.43 bits per heavy atom. The van der Waals surface area contributed by atoms with Gasteiger partial charge in [-0.1, -0.05) is 0 Å². The number of aliphatic hydroxyl groups is 1. The van der Waals surface area contributed by atoms with Crippen LogP contribution in [0.5, 0.6) is 0 Å². The second-order valence-electron chi connectivity index (χ2n) is 6.07. The van der Waals surface area contributed by atoms with Crippen LogP contribution in [0.4, 0.5) is 5.69 Å². The van der Waals surface area contributed by atoms with Crippen molar-refractivity contribution in [1.82, 2.24) is 4.90 Å². The number of benzene rings is 1. The van der Waals surface area contributed by atoms with E-state index in [1.165, 1.54) is 6.92 Å². The zero-order chi connectivity index (χ0) is 15.6. The smallest absolute Gasteiger partial charge is 0.254 e. The van der Waals surface area contributed by atoms with Crippen LogP contribution in [0.1, 0.15) is 44.0 Å². The molecule has 5 nitrogen and oxygen atoms in total. The summed E-state index contributed by atoms with van der Waals surface area (Å²) < 4.78 is 0. The molecular formula is C16H22N2O3. The highest BCUT2D eigenvalue weighted by Gasteiger charge is 2.38. The van der Waals surface area contributed by atoms with Crippen molar-refractivity contribution >= 4 is 17.5 Å². The van der Waals surface area contributed by atoms with Crippen LogP contribution in [0, 0.1) is 0 Å². The average molecular weight is 290 g/mol. The summed E-state index contributed by atoms with van der Waals surface area (Å²) in [4.78, 5) is 25.3. The third-order valence-electron chi connectivity index (χ3n) is 3.78. The predicted molar refractivity (Wildman–Crippen MR) is 81.1 cm³/mol. The Morgan fingerprint density at radius 1 is 1.29 bits per heavy atom. The highest BCUT2D eigenvalue weighted by Crippen LogP contribution is 2.28. The third kappa shape index (κ3) is 3.61. The van der Waals surface area contributed by atoms with E-state index in [0.29, 0.717) is 17.8 Å². The van der Waals surface area contributed by atoms with Gasteiger partial charge in [-0.3, -0.25) is 9.59 Å². The number of nitrogens with one attached hydrogen (secondary N) is 1. The molecule has 1 aliphatic rings. The molecule has 2 N–H and O–H groups in total. The lowest BCUT2D eigenvalue weighted by Crippen LogP contribution is -2.48. The van der Waals surface area contributed by atoms with Crippen LogP contribution < -0.4 is 5.32 Å². The van der Waals surface area contributed by atoms with Crippen LogP contribution in [-0.4, -0.2) is 40.0 Å². The van der Waals surface area contributed by atoms with Crippen LogP contribution in [0.25, 0.3) is 0 Å². The lowest BCUT2D eigenvalue weighted by molar-refractivity contribution is -0.114. The number of nitrogens with zero attached hydrogens (tertiary/aromatic N) is 1. The van der Waals surface area contributed by atoms with Gasteiger partial charge in [0.1, 0.15) is 0 Å². The Hall–Kier alpha value is -1.88. The number of rotatable bonds is 3. The first kappa shape index (κ1) is 15.5. The molecule has 1 aromatic rings. The van der Waals surface area contributed by atoms with E-state index >= 15 is 0 Å². The molecule has 0 aliphatic carbocycles. The number of hydrogen-bond acceptors (Lipinski definition) is 3. The van der Waals surface area contributed by atoms with Crippen molar-refractivity contribution in [3.63, 3.8) is 0 Å². The molecule has 5 heteroatoms. The topological polar surface area (TPSA) is 69.6 Å². The molecular weight excluding hydrogens is 268 g/mol. The zero-order valence-electron chi connectivity index (χ0n) is 12.7. The summed E-state index contributed by atoms with van der Waals surface area (Å²) in [5.74, 6) is -0.218. The first-order chi connectivity index (χ1) is 9.79. The molecule has 0 bridgehead atoms. The molecule has 2 amide bonds. The van der Waals surface area contributed by atoms with E-state index in [1.807, 2.05) is 0 Å². The van der Waals surface area contributed by atoms with Gasteiger partial charge in [-0.15, -0.1) is 0 Å². The Bertz CT molecular complexity index is 531. The van der Waals surface area contributed by atoms with Crippen molar-refractivity contribution in [3.05, 3.63) is 29.8 Å². The number of amides is 2. The summed E-state index contributed by atoms with van der Waals surface area (Å²) in [6.45, 7) is 5.59. The Balaban J connectivity index is 2.14. The molecule has 1 atom stereocenters. The fourth-order valence-electron chi connectivity index (χ4n) is 2.81. The van der Waals surface area contributed by atoms with Gasteiger partial charge in [-0.2, -0.15) is 0 Å². The van der Waals surface area contributed by atoms with Gasteiger partial charge in [0.15, 0.2) is 0 Å². The molecule has 114 valence electrons. The van der Waals surface area contributed by atoms with Gasteiger partial charge < -0.3 is 15.3 Å². The minimum absolute atomic E-state index is 0.0750. The third-order valence-corrected chi connectivity index (χ3v) is 3.78. The number of anilines is 1. The second-order valence-corrected chi connectivity index (χ2v) is 6.07. The van der Waals surface area contributed by atoms with Gasteiger partial charge in [0, 0.05) is 24.7 Å². The van der Waals surface area contributed by atoms with Crippen LogP contribution in [0.15, 0.2) is 24.3 Å². The quantitative estimate of drug-likeness (QED) is 0.894. The van der Waals surface area contributed by atoms with E-state index in [-0.39, 0.29) is 17.9 Å². The van der Waals surface area contributed by atoms with Crippen LogP contribution in [0.2, 0.25) is 0 Å². The van der Waals surface area contributed by atoms with E-state index in [1.54, 1.807) is 43.0 Å². The summed E-state index contributed by atoms with van der Waals surface area (Å²) in [6.07, 6.45) is 1.73. The van der Waals surface area contributed by atoms with Crippen molar-refractivity contribution in [3.8, 4) is 0 Å². The first-order valence-electron chi connectivity index (χ1n) is 7.20. The Kier molecular flexibility index (Phi) is 4.32. The largest absolute Gasteiger partial charge is 0.388 e. The fraction of sp³-hybridized carbons (Fsp3) is 0.500. The van der Waals surface area contributed by atoms with Gasteiger partial charge in [0.25, 0.3) is 5.91 Å². The van der Waals surface area contributed by atoms with E-state index in [0.717, 1.165) is 12.8 Å². The SMILES string of the molecule is CC(=O)Nc1ccc(C(=O)N2CCCC2C(C)(C)O)cc1. The first-order valence-corrected chi connectivity index (χ1v) is 7.20. The van der Waals surface area contributed by atoms with Crippen LogP contribution >= 0.6 is 0 Å². The van der Waals surface area contributed by atoms with E-state index in [4.69, 9.17) is 0 Å². The molecule has 0 saturated carbocycles. The summed E-state index contributed by atoms with van der Waals surface area (Å²) in [5.41, 5.74) is 0.335. The monoisotopic (exact) mass is 290 g/mol. The number of carbonyl (C=O) groups is 2. The number of carbonyl (C=O) groups excluding carboxylic acids is 2. The molecule has 1 heterocycles. The van der Waals surface area contributed by atoms with Crippen molar-refractivity contribution in [2.24, 2.45) is 0 Å². The van der Waals surface area contributed by atoms with Gasteiger partial charge in [0.05, 0.1) is 11.6 Å². The van der Waals surface area contributed by atoms with Crippen molar-refractivity contribution < 1.29 is 14.7 Å². The van der Waals surface area contributed by atoms with Gasteiger partial charge >= 0.3 is 0 Å². The predicted octanol–water partition coefficient (Wildman–Crippen LogP) is 2.02. The summed E-state index contributed by atoms with van der Waals surface area (Å²) in [7, 11) is 0. The van der Waals surface area contributed by atoms with Crippen LogP contribution in [-0.2, 0) is 4.79 Å². The summed E-state index contributed by atoms with van der Waals surface area (Å²) in [5, 5.41) is 12.9. The highest BCUT2D eigenvalue weighted by molar-refractivity contribution is 5.96. The average Bonchev–Trinajstić information content (AvgIpc) is 2.87. The molecule has 0 radical (unpaired) electrons. The molecule has 1 saturated heterocycles. The molecule has 2 rings (SSSR count). The van der Waals surface area contributed by atoms with Crippen LogP contribution in [0.3, 0.4) is 0 Å². The van der Waals surface area contributed by atoms with Gasteiger partial charge in [0.2, 0.25) is 5.91 Å². The lowest BCUT2D eigenvalue weighted by atomic mass is 9.96. The minimum Gasteiger partial charge on any atom is -0.388 e. The minimum atomic E-state index is -0.901. The standard InChI is InChI=1S/C16H22N2O3/c1-11(19)17-13-8-6-12(7-9-13)15(20)18-10-4-5-14(18)16(2,3)21/h6-9,14,21H,4-5,10H2,1-3H3,(H,17,19). The number of likely N-dealkylation sites (tertiary alicyclic amines) is 1. The zero-order valence-corrected chi connectivity index (χ0v) is 12.7. The maximum atomic E-state index is 12.6. The fourth-order valence-corrected chi connectivity index (χ4v) is 2.81. The molecule has 1 unspecified atom stereocenters. The molecule has 1 aromatic carbocycles. The van der Waals surface area contributed by atoms with E-state index < -0.39 is 5.60 Å². The molecule has 1 aliphatic heterocycles. The van der Waals surface area contributed by atoms with E-state index in [2.05, 4.69) is 5.32 Å². The molecule has 0 spiro atoms.